The van der Waals surface area contributed by atoms with Crippen molar-refractivity contribution in [1.82, 2.24) is 25.8 Å². The van der Waals surface area contributed by atoms with Gasteiger partial charge in [0.05, 0.1) is 0 Å². The summed E-state index contributed by atoms with van der Waals surface area (Å²) in [6.07, 6.45) is 11.9. The van der Waals surface area contributed by atoms with Gasteiger partial charge in [0.15, 0.2) is 11.8 Å². The molecule has 2 N–H and O–H groups in total. The van der Waals surface area contributed by atoms with Gasteiger partial charge in [-0.05, 0) is 44.7 Å². The summed E-state index contributed by atoms with van der Waals surface area (Å²) in [7, 11) is 0. The van der Waals surface area contributed by atoms with Gasteiger partial charge in [-0.15, -0.1) is 0 Å². The fourth-order valence-corrected chi connectivity index (χ4v) is 3.80. The summed E-state index contributed by atoms with van der Waals surface area (Å²) in [5.74, 6) is 2.87. The van der Waals surface area contributed by atoms with E-state index in [2.05, 4.69) is 44.6 Å². The van der Waals surface area contributed by atoms with Gasteiger partial charge in [0.25, 0.3) is 5.89 Å². The van der Waals surface area contributed by atoms with Crippen molar-refractivity contribution in [2.75, 3.05) is 13.1 Å². The Bertz CT molecular complexity index is 739. The molecular formula is C22H34N6O. The van der Waals surface area contributed by atoms with Crippen molar-refractivity contribution in [1.29, 1.82) is 0 Å². The number of hydrogen-bond donors (Lipinski definition) is 2. The molecule has 0 radical (unpaired) electrons. The topological polar surface area (TPSA) is 88.2 Å². The maximum Gasteiger partial charge on any atom is 0.276 e. The maximum atomic E-state index is 5.31. The van der Waals surface area contributed by atoms with Gasteiger partial charge < -0.3 is 15.2 Å². The van der Waals surface area contributed by atoms with Crippen LogP contribution in [0.25, 0.3) is 11.6 Å². The van der Waals surface area contributed by atoms with Gasteiger partial charge in [-0.25, -0.2) is 0 Å². The Kier molecular flexibility index (Phi) is 8.46. The van der Waals surface area contributed by atoms with E-state index >= 15 is 0 Å². The van der Waals surface area contributed by atoms with Crippen LogP contribution >= 0.6 is 0 Å². The summed E-state index contributed by atoms with van der Waals surface area (Å²) in [6, 6.07) is 6.04. The molecule has 7 heteroatoms. The lowest BCUT2D eigenvalue weighted by atomic mass is 9.85. The number of rotatable bonds is 9. The number of aromatic nitrogens is 3. The smallest absolute Gasteiger partial charge is 0.276 e. The van der Waals surface area contributed by atoms with Gasteiger partial charge in [0.1, 0.15) is 5.69 Å². The largest absolute Gasteiger partial charge is 0.357 e. The van der Waals surface area contributed by atoms with Gasteiger partial charge in [0, 0.05) is 31.7 Å². The van der Waals surface area contributed by atoms with E-state index in [1.54, 1.807) is 6.20 Å². The molecule has 3 rings (SSSR count). The molecule has 2 heterocycles. The quantitative estimate of drug-likeness (QED) is 0.491. The zero-order valence-corrected chi connectivity index (χ0v) is 17.7. The zero-order valence-electron chi connectivity index (χ0n) is 17.7. The molecule has 1 saturated carbocycles. The van der Waals surface area contributed by atoms with E-state index in [-0.39, 0.29) is 0 Å². The summed E-state index contributed by atoms with van der Waals surface area (Å²) in [5, 5.41) is 10.9. The number of aliphatic imine (C=N–C) groups is 1. The number of nitrogens with one attached hydrogen (secondary N) is 2. The van der Waals surface area contributed by atoms with Crippen molar-refractivity contribution < 1.29 is 4.52 Å². The maximum absolute atomic E-state index is 5.31. The van der Waals surface area contributed by atoms with Crippen molar-refractivity contribution in [3.05, 3.63) is 30.2 Å². The zero-order chi connectivity index (χ0) is 20.3. The van der Waals surface area contributed by atoms with Crippen molar-refractivity contribution in [3.63, 3.8) is 0 Å². The highest BCUT2D eigenvalue weighted by Gasteiger charge is 2.15. The minimum Gasteiger partial charge on any atom is -0.357 e. The second-order valence-corrected chi connectivity index (χ2v) is 7.87. The third kappa shape index (κ3) is 7.15. The third-order valence-electron chi connectivity index (χ3n) is 5.42. The summed E-state index contributed by atoms with van der Waals surface area (Å²) in [4.78, 5) is 13.3. The monoisotopic (exact) mass is 398 g/mol. The van der Waals surface area contributed by atoms with Gasteiger partial charge in [0.2, 0.25) is 0 Å². The van der Waals surface area contributed by atoms with Crippen LogP contribution in [0.1, 0.15) is 64.6 Å². The van der Waals surface area contributed by atoms with Crippen LogP contribution in [0.3, 0.4) is 0 Å². The third-order valence-corrected chi connectivity index (χ3v) is 5.42. The highest BCUT2D eigenvalue weighted by molar-refractivity contribution is 5.80. The molecule has 1 unspecified atom stereocenters. The average molecular weight is 399 g/mol. The van der Waals surface area contributed by atoms with Crippen LogP contribution in [0.15, 0.2) is 33.9 Å². The lowest BCUT2D eigenvalue weighted by Gasteiger charge is -2.24. The molecule has 29 heavy (non-hydrogen) atoms. The van der Waals surface area contributed by atoms with E-state index in [1.165, 1.54) is 44.9 Å². The first kappa shape index (κ1) is 21.3. The molecule has 1 aliphatic rings. The Hall–Kier alpha value is -2.44. The Balaban J connectivity index is 1.45. The predicted molar refractivity (Wildman–Crippen MR) is 116 cm³/mol. The number of hydrogen-bond acceptors (Lipinski definition) is 5. The van der Waals surface area contributed by atoms with Gasteiger partial charge in [-0.2, -0.15) is 4.98 Å². The number of guanidine groups is 1. The summed E-state index contributed by atoms with van der Waals surface area (Å²) >= 11 is 0. The van der Waals surface area contributed by atoms with Gasteiger partial charge >= 0.3 is 0 Å². The summed E-state index contributed by atoms with van der Waals surface area (Å²) in [5.41, 5.74) is 0.691. The van der Waals surface area contributed by atoms with E-state index in [0.717, 1.165) is 18.4 Å². The highest BCUT2D eigenvalue weighted by atomic mass is 16.5. The van der Waals surface area contributed by atoms with Crippen molar-refractivity contribution in [2.45, 2.75) is 71.3 Å². The number of nitrogens with zero attached hydrogens (tertiary/aromatic N) is 4. The fraction of sp³-hybridized carbons (Fsp3) is 0.636. The van der Waals surface area contributed by atoms with E-state index in [1.807, 2.05) is 18.2 Å². The molecule has 2 aromatic rings. The molecule has 1 fully saturated rings. The van der Waals surface area contributed by atoms with E-state index in [9.17, 15) is 0 Å². The molecular weight excluding hydrogens is 364 g/mol. The minimum absolute atomic E-state index is 0.413. The van der Waals surface area contributed by atoms with Crippen LogP contribution in [0, 0.1) is 5.92 Å². The Morgan fingerprint density at radius 1 is 1.28 bits per heavy atom. The molecule has 1 atom stereocenters. The van der Waals surface area contributed by atoms with E-state index in [0.29, 0.717) is 36.4 Å². The molecule has 1 aliphatic carbocycles. The summed E-state index contributed by atoms with van der Waals surface area (Å²) < 4.78 is 5.31. The first-order chi connectivity index (χ1) is 14.2. The predicted octanol–water partition coefficient (Wildman–Crippen LogP) is 3.98. The van der Waals surface area contributed by atoms with Crippen LogP contribution in [0.4, 0.5) is 0 Å². The van der Waals surface area contributed by atoms with Crippen LogP contribution in [0.5, 0.6) is 0 Å². The van der Waals surface area contributed by atoms with Crippen molar-refractivity contribution >= 4 is 5.96 Å². The minimum atomic E-state index is 0.413. The molecule has 2 aromatic heterocycles. The molecule has 0 amide bonds. The van der Waals surface area contributed by atoms with Crippen molar-refractivity contribution in [3.8, 4) is 11.6 Å². The lowest BCUT2D eigenvalue weighted by molar-refractivity contribution is 0.322. The van der Waals surface area contributed by atoms with E-state index < -0.39 is 0 Å². The molecule has 0 aliphatic heterocycles. The van der Waals surface area contributed by atoms with Gasteiger partial charge in [-0.1, -0.05) is 43.3 Å². The second kappa shape index (κ2) is 11.5. The van der Waals surface area contributed by atoms with Crippen LogP contribution in [-0.4, -0.2) is 40.2 Å². The first-order valence-corrected chi connectivity index (χ1v) is 11.0. The average Bonchev–Trinajstić information content (AvgIpc) is 3.23. The Labute approximate surface area is 173 Å². The molecule has 0 aromatic carbocycles. The SMILES string of the molecule is CCNC(=NCCc1noc(-c2ccccn2)n1)NC(C)CCC1CCCCC1. The number of pyridine rings is 1. The molecule has 0 saturated heterocycles. The lowest BCUT2D eigenvalue weighted by Crippen LogP contribution is -2.42. The van der Waals surface area contributed by atoms with E-state index in [4.69, 9.17) is 4.52 Å². The fourth-order valence-electron chi connectivity index (χ4n) is 3.80. The van der Waals surface area contributed by atoms with Crippen LogP contribution in [-0.2, 0) is 6.42 Å². The molecule has 158 valence electrons. The standard InChI is InChI=1S/C22H34N6O/c1-3-23-22(26-17(2)12-13-18-9-5-4-6-10-18)25-16-14-20-27-21(29-28-20)19-11-7-8-15-24-19/h7-8,11,15,17-18H,3-6,9-10,12-14,16H2,1-2H3,(H2,23,25,26). The summed E-state index contributed by atoms with van der Waals surface area (Å²) in [6.45, 7) is 5.77. The normalized spacial score (nSPS) is 16.6. The highest BCUT2D eigenvalue weighted by Crippen LogP contribution is 2.27. The molecule has 0 spiro atoms. The first-order valence-electron chi connectivity index (χ1n) is 11.0. The van der Waals surface area contributed by atoms with Gasteiger partial charge in [-0.3, -0.25) is 9.98 Å². The Morgan fingerprint density at radius 2 is 2.14 bits per heavy atom. The van der Waals surface area contributed by atoms with Crippen molar-refractivity contribution in [2.24, 2.45) is 10.9 Å². The van der Waals surface area contributed by atoms with Crippen LogP contribution in [0.2, 0.25) is 0 Å². The second-order valence-electron chi connectivity index (χ2n) is 7.87. The molecule has 0 bridgehead atoms. The van der Waals surface area contributed by atoms with Crippen LogP contribution < -0.4 is 10.6 Å². The Morgan fingerprint density at radius 3 is 2.90 bits per heavy atom. The molecule has 7 nitrogen and oxygen atoms in total.